The summed E-state index contributed by atoms with van der Waals surface area (Å²) in [6.45, 7) is 1.36. The molecule has 1 fully saturated rings. The van der Waals surface area contributed by atoms with Gasteiger partial charge in [-0.1, -0.05) is 0 Å². The van der Waals surface area contributed by atoms with E-state index in [0.717, 1.165) is 13.0 Å². The van der Waals surface area contributed by atoms with Crippen LogP contribution in [-0.4, -0.2) is 39.9 Å². The molecule has 1 aliphatic rings. The molecule has 1 aromatic rings. The number of hydrogen-bond donors (Lipinski definition) is 1. The van der Waals surface area contributed by atoms with Gasteiger partial charge in [0.2, 0.25) is 0 Å². The normalized spacial score (nSPS) is 21.2. The van der Waals surface area contributed by atoms with Crippen molar-refractivity contribution >= 4 is 5.91 Å². The zero-order valence-electron chi connectivity index (χ0n) is 7.76. The van der Waals surface area contributed by atoms with Crippen LogP contribution < -0.4 is 5.73 Å². The van der Waals surface area contributed by atoms with Gasteiger partial charge < -0.3 is 10.6 Å². The van der Waals surface area contributed by atoms with E-state index in [9.17, 15) is 4.79 Å². The van der Waals surface area contributed by atoms with Crippen molar-refractivity contribution < 1.29 is 4.79 Å². The summed E-state index contributed by atoms with van der Waals surface area (Å²) in [6, 6.07) is 0.114. The molecule has 0 spiro atoms. The fraction of sp³-hybridized carbons (Fsp3) is 0.444. The van der Waals surface area contributed by atoms with Crippen LogP contribution in [0.5, 0.6) is 0 Å². The van der Waals surface area contributed by atoms with Gasteiger partial charge in [-0.2, -0.15) is 0 Å². The smallest absolute Gasteiger partial charge is 0.257 e. The monoisotopic (exact) mass is 192 g/mol. The molecule has 1 amide bonds. The zero-order chi connectivity index (χ0) is 9.97. The number of carbonyl (C=O) groups excluding carboxylic acids is 1. The Morgan fingerprint density at radius 3 is 2.79 bits per heavy atom. The third-order valence-electron chi connectivity index (χ3n) is 2.32. The zero-order valence-corrected chi connectivity index (χ0v) is 7.76. The second-order valence-corrected chi connectivity index (χ2v) is 3.43. The Kier molecular flexibility index (Phi) is 2.41. The Hall–Kier alpha value is -1.49. The summed E-state index contributed by atoms with van der Waals surface area (Å²) >= 11 is 0. The topological polar surface area (TPSA) is 72.1 Å². The molecule has 74 valence electrons. The molecule has 1 atom stereocenters. The highest BCUT2D eigenvalue weighted by Gasteiger charge is 2.24. The van der Waals surface area contributed by atoms with Gasteiger partial charge in [0.05, 0.1) is 5.56 Å². The Labute approximate surface area is 82.0 Å². The van der Waals surface area contributed by atoms with E-state index in [-0.39, 0.29) is 11.9 Å². The molecular weight excluding hydrogens is 180 g/mol. The lowest BCUT2D eigenvalue weighted by molar-refractivity contribution is 0.0790. The first-order valence-corrected chi connectivity index (χ1v) is 4.57. The summed E-state index contributed by atoms with van der Waals surface area (Å²) in [5, 5.41) is 0. The van der Waals surface area contributed by atoms with Crippen LogP contribution in [0.3, 0.4) is 0 Å². The second-order valence-electron chi connectivity index (χ2n) is 3.43. The summed E-state index contributed by atoms with van der Waals surface area (Å²) in [5.41, 5.74) is 6.25. The molecule has 2 rings (SSSR count). The highest BCUT2D eigenvalue weighted by atomic mass is 16.2. The van der Waals surface area contributed by atoms with E-state index in [1.165, 1.54) is 18.7 Å². The third-order valence-corrected chi connectivity index (χ3v) is 2.32. The first-order chi connectivity index (χ1) is 6.77. The molecule has 2 heterocycles. The molecule has 1 aromatic heterocycles. The van der Waals surface area contributed by atoms with Crippen LogP contribution in [-0.2, 0) is 0 Å². The first kappa shape index (κ1) is 9.08. The SMILES string of the molecule is N[C@H]1CCN(C(=O)c2cncnc2)C1. The Morgan fingerprint density at radius 1 is 1.50 bits per heavy atom. The summed E-state index contributed by atoms with van der Waals surface area (Å²) < 4.78 is 0. The maximum absolute atomic E-state index is 11.8. The molecule has 14 heavy (non-hydrogen) atoms. The van der Waals surface area contributed by atoms with E-state index >= 15 is 0 Å². The molecule has 1 saturated heterocycles. The number of hydrogen-bond acceptors (Lipinski definition) is 4. The van der Waals surface area contributed by atoms with Gasteiger partial charge in [-0.25, -0.2) is 9.97 Å². The predicted octanol–water partition coefficient (Wildman–Crippen LogP) is -0.350. The van der Waals surface area contributed by atoms with Gasteiger partial charge in [0.1, 0.15) is 6.33 Å². The summed E-state index contributed by atoms with van der Waals surface area (Å²) in [4.78, 5) is 21.1. The van der Waals surface area contributed by atoms with Crippen molar-refractivity contribution in [2.24, 2.45) is 5.73 Å². The highest BCUT2D eigenvalue weighted by molar-refractivity contribution is 5.93. The van der Waals surface area contributed by atoms with Gasteiger partial charge in [-0.15, -0.1) is 0 Å². The molecular formula is C9H12N4O. The molecule has 0 radical (unpaired) electrons. The van der Waals surface area contributed by atoms with Crippen molar-refractivity contribution in [1.29, 1.82) is 0 Å². The molecule has 0 saturated carbocycles. The maximum Gasteiger partial charge on any atom is 0.257 e. The molecule has 0 bridgehead atoms. The van der Waals surface area contributed by atoms with Gasteiger partial charge in [0.25, 0.3) is 5.91 Å². The average Bonchev–Trinajstić information content (AvgIpc) is 2.65. The predicted molar refractivity (Wildman–Crippen MR) is 50.5 cm³/mol. The van der Waals surface area contributed by atoms with Crippen molar-refractivity contribution in [1.82, 2.24) is 14.9 Å². The van der Waals surface area contributed by atoms with Crippen molar-refractivity contribution in [2.75, 3.05) is 13.1 Å². The minimum atomic E-state index is -0.0291. The maximum atomic E-state index is 11.8. The van der Waals surface area contributed by atoms with E-state index in [2.05, 4.69) is 9.97 Å². The minimum absolute atomic E-state index is 0.0291. The lowest BCUT2D eigenvalue weighted by Crippen LogP contribution is -2.31. The van der Waals surface area contributed by atoms with Gasteiger partial charge in [0.15, 0.2) is 0 Å². The third kappa shape index (κ3) is 1.72. The van der Waals surface area contributed by atoms with Crippen LogP contribution >= 0.6 is 0 Å². The molecule has 2 N–H and O–H groups in total. The second kappa shape index (κ2) is 3.71. The molecule has 5 heteroatoms. The number of carbonyl (C=O) groups is 1. The Morgan fingerprint density at radius 2 is 2.21 bits per heavy atom. The highest BCUT2D eigenvalue weighted by Crippen LogP contribution is 2.10. The van der Waals surface area contributed by atoms with E-state index in [1.807, 2.05) is 0 Å². The standard InChI is InChI=1S/C9H12N4O/c10-8-1-2-13(5-8)9(14)7-3-11-6-12-4-7/h3-4,6,8H,1-2,5,10H2/t8-/m0/s1. The number of aromatic nitrogens is 2. The molecule has 0 aliphatic carbocycles. The van der Waals surface area contributed by atoms with E-state index < -0.39 is 0 Å². The molecule has 0 aromatic carbocycles. The van der Waals surface area contributed by atoms with Crippen LogP contribution in [0.2, 0.25) is 0 Å². The number of amides is 1. The number of rotatable bonds is 1. The van der Waals surface area contributed by atoms with Crippen LogP contribution in [0.4, 0.5) is 0 Å². The molecule has 1 aliphatic heterocycles. The minimum Gasteiger partial charge on any atom is -0.337 e. The van der Waals surface area contributed by atoms with E-state index in [1.54, 1.807) is 4.90 Å². The van der Waals surface area contributed by atoms with Gasteiger partial charge in [0, 0.05) is 31.5 Å². The Balaban J connectivity index is 2.10. The van der Waals surface area contributed by atoms with Crippen molar-refractivity contribution in [2.45, 2.75) is 12.5 Å². The van der Waals surface area contributed by atoms with Gasteiger partial charge in [-0.3, -0.25) is 4.79 Å². The molecule has 0 unspecified atom stereocenters. The first-order valence-electron chi connectivity index (χ1n) is 4.57. The van der Waals surface area contributed by atoms with Crippen LogP contribution in [0, 0.1) is 0 Å². The average molecular weight is 192 g/mol. The van der Waals surface area contributed by atoms with E-state index in [0.29, 0.717) is 12.1 Å². The van der Waals surface area contributed by atoms with Crippen LogP contribution in [0.25, 0.3) is 0 Å². The van der Waals surface area contributed by atoms with E-state index in [4.69, 9.17) is 5.73 Å². The number of likely N-dealkylation sites (tertiary alicyclic amines) is 1. The Bertz CT molecular complexity index is 327. The summed E-state index contributed by atoms with van der Waals surface area (Å²) in [7, 11) is 0. The van der Waals surface area contributed by atoms with Gasteiger partial charge in [-0.05, 0) is 6.42 Å². The molecule has 5 nitrogen and oxygen atoms in total. The van der Waals surface area contributed by atoms with Crippen LogP contribution in [0.1, 0.15) is 16.8 Å². The fourth-order valence-corrected chi connectivity index (χ4v) is 1.56. The summed E-state index contributed by atoms with van der Waals surface area (Å²) in [6.07, 6.45) is 5.34. The quantitative estimate of drug-likeness (QED) is 0.660. The van der Waals surface area contributed by atoms with Crippen molar-refractivity contribution in [3.8, 4) is 0 Å². The number of nitrogens with zero attached hydrogens (tertiary/aromatic N) is 3. The lowest BCUT2D eigenvalue weighted by Gasteiger charge is -2.14. The summed E-state index contributed by atoms with van der Waals surface area (Å²) in [5.74, 6) is -0.0291. The number of nitrogens with two attached hydrogens (primary N) is 1. The van der Waals surface area contributed by atoms with Crippen molar-refractivity contribution in [3.63, 3.8) is 0 Å². The van der Waals surface area contributed by atoms with Crippen molar-refractivity contribution in [3.05, 3.63) is 24.3 Å². The lowest BCUT2D eigenvalue weighted by atomic mass is 10.3. The van der Waals surface area contributed by atoms with Gasteiger partial charge >= 0.3 is 0 Å². The fourth-order valence-electron chi connectivity index (χ4n) is 1.56. The largest absolute Gasteiger partial charge is 0.337 e. The van der Waals surface area contributed by atoms with Crippen LogP contribution in [0.15, 0.2) is 18.7 Å².